The van der Waals surface area contributed by atoms with Gasteiger partial charge < -0.3 is 14.2 Å². The van der Waals surface area contributed by atoms with Gasteiger partial charge in [-0.2, -0.15) is 0 Å². The van der Waals surface area contributed by atoms with Crippen LogP contribution in [0.15, 0.2) is 24.3 Å². The lowest BCUT2D eigenvalue weighted by Gasteiger charge is -2.18. The summed E-state index contributed by atoms with van der Waals surface area (Å²) in [6.45, 7) is 6.64. The van der Waals surface area contributed by atoms with E-state index in [2.05, 4.69) is 45.1 Å². The minimum absolute atomic E-state index is 0.0696. The van der Waals surface area contributed by atoms with Crippen molar-refractivity contribution in [2.75, 3.05) is 13.2 Å². The first-order chi connectivity index (χ1) is 37.0. The van der Waals surface area contributed by atoms with Gasteiger partial charge in [0.2, 0.25) is 0 Å². The molecule has 0 aromatic carbocycles. The van der Waals surface area contributed by atoms with Crippen LogP contribution in [0.1, 0.15) is 380 Å². The molecule has 0 N–H and O–H groups in total. The van der Waals surface area contributed by atoms with Gasteiger partial charge in [-0.05, 0) is 44.9 Å². The van der Waals surface area contributed by atoms with Crippen LogP contribution in [0.3, 0.4) is 0 Å². The highest BCUT2D eigenvalue weighted by molar-refractivity contribution is 5.71. The number of unbranched alkanes of at least 4 members (excludes halogenated alkanes) is 48. The van der Waals surface area contributed by atoms with Crippen LogP contribution in [0.5, 0.6) is 0 Å². The van der Waals surface area contributed by atoms with Crippen LogP contribution >= 0.6 is 0 Å². The molecule has 0 aliphatic heterocycles. The van der Waals surface area contributed by atoms with Crippen LogP contribution in [-0.4, -0.2) is 37.2 Å². The maximum absolute atomic E-state index is 12.9. The molecule has 1 atom stereocenters. The van der Waals surface area contributed by atoms with E-state index in [4.69, 9.17) is 14.2 Å². The topological polar surface area (TPSA) is 78.9 Å². The van der Waals surface area contributed by atoms with Gasteiger partial charge in [0.15, 0.2) is 6.10 Å². The Bertz CT molecular complexity index is 1210. The van der Waals surface area contributed by atoms with Gasteiger partial charge in [-0.3, -0.25) is 14.4 Å². The van der Waals surface area contributed by atoms with Gasteiger partial charge in [0.05, 0.1) is 0 Å². The second kappa shape index (κ2) is 64.4. The van der Waals surface area contributed by atoms with Gasteiger partial charge >= 0.3 is 17.9 Å². The Balaban J connectivity index is 4.18. The molecular weight excluding hydrogens is 925 g/mol. The Morgan fingerprint density at radius 3 is 0.787 bits per heavy atom. The fourth-order valence-corrected chi connectivity index (χ4v) is 10.4. The third kappa shape index (κ3) is 62.6. The molecule has 6 heteroatoms. The number of carbonyl (C=O) groups excluding carboxylic acids is 3. The van der Waals surface area contributed by atoms with Crippen molar-refractivity contribution in [3.05, 3.63) is 24.3 Å². The standard InChI is InChI=1S/C69H130O6/c1-4-7-10-13-16-19-22-25-27-29-30-31-32-33-34-35-36-37-38-40-41-44-47-50-53-56-59-62-68(71)74-65-66(64-73-67(70)61-58-55-52-49-46-43-24-21-18-15-12-9-6-3)75-69(72)63-60-57-54-51-48-45-42-39-28-26-23-20-17-14-11-8-5-2/h12,15,21,24,66H,4-11,13-14,16-20,22-23,25-65H2,1-3H3/b15-12-,24-21-. The summed E-state index contributed by atoms with van der Waals surface area (Å²) in [6.07, 6.45) is 77.8. The SMILES string of the molecule is CCC/C=C\C/C=C\CCCCCCCC(=O)OCC(COC(=O)CCCCCCCCCCCCCCCCCCCCCCCCCCCCC)OC(=O)CCCCCCCCCCCCCCCCCCC. The second-order valence-electron chi connectivity index (χ2n) is 23.1. The minimum atomic E-state index is -0.773. The first kappa shape index (κ1) is 72.9. The summed E-state index contributed by atoms with van der Waals surface area (Å²) in [5.41, 5.74) is 0. The van der Waals surface area contributed by atoms with Gasteiger partial charge in [0.1, 0.15) is 13.2 Å². The number of rotatable bonds is 63. The molecule has 0 aliphatic carbocycles. The fraction of sp³-hybridized carbons (Fsp3) is 0.899. The van der Waals surface area contributed by atoms with E-state index in [1.807, 2.05) is 0 Å². The van der Waals surface area contributed by atoms with E-state index in [9.17, 15) is 14.4 Å². The van der Waals surface area contributed by atoms with E-state index in [1.54, 1.807) is 0 Å². The van der Waals surface area contributed by atoms with Crippen molar-refractivity contribution in [2.45, 2.75) is 386 Å². The Morgan fingerprint density at radius 2 is 0.507 bits per heavy atom. The van der Waals surface area contributed by atoms with Gasteiger partial charge in [0.25, 0.3) is 0 Å². The van der Waals surface area contributed by atoms with Crippen LogP contribution in [0.2, 0.25) is 0 Å². The minimum Gasteiger partial charge on any atom is -0.462 e. The molecular formula is C69H130O6. The molecule has 0 heterocycles. The summed E-state index contributed by atoms with van der Waals surface area (Å²) < 4.78 is 16.9. The summed E-state index contributed by atoms with van der Waals surface area (Å²) in [6, 6.07) is 0. The molecule has 0 amide bonds. The van der Waals surface area contributed by atoms with Gasteiger partial charge in [-0.15, -0.1) is 0 Å². The van der Waals surface area contributed by atoms with Gasteiger partial charge in [-0.25, -0.2) is 0 Å². The van der Waals surface area contributed by atoms with Crippen molar-refractivity contribution in [1.82, 2.24) is 0 Å². The highest BCUT2D eigenvalue weighted by atomic mass is 16.6. The summed E-state index contributed by atoms with van der Waals surface area (Å²) in [5, 5.41) is 0. The molecule has 0 saturated heterocycles. The van der Waals surface area contributed by atoms with Crippen molar-refractivity contribution >= 4 is 17.9 Å². The van der Waals surface area contributed by atoms with E-state index in [1.165, 1.54) is 257 Å². The van der Waals surface area contributed by atoms with Crippen molar-refractivity contribution in [3.63, 3.8) is 0 Å². The van der Waals surface area contributed by atoms with Crippen molar-refractivity contribution in [2.24, 2.45) is 0 Å². The van der Waals surface area contributed by atoms with E-state index in [-0.39, 0.29) is 31.1 Å². The summed E-state index contributed by atoms with van der Waals surface area (Å²) in [5.74, 6) is -0.855. The molecule has 0 saturated carbocycles. The lowest BCUT2D eigenvalue weighted by Crippen LogP contribution is -2.30. The number of hydrogen-bond donors (Lipinski definition) is 0. The first-order valence-corrected chi connectivity index (χ1v) is 33.8. The van der Waals surface area contributed by atoms with Crippen LogP contribution in [0, 0.1) is 0 Å². The lowest BCUT2D eigenvalue weighted by atomic mass is 10.0. The zero-order chi connectivity index (χ0) is 54.3. The number of esters is 3. The molecule has 0 aromatic heterocycles. The van der Waals surface area contributed by atoms with Crippen LogP contribution in [0.25, 0.3) is 0 Å². The van der Waals surface area contributed by atoms with Crippen LogP contribution in [0.4, 0.5) is 0 Å². The normalized spacial score (nSPS) is 12.1. The Kier molecular flexibility index (Phi) is 62.6. The zero-order valence-electron chi connectivity index (χ0n) is 50.8. The molecule has 0 bridgehead atoms. The molecule has 0 spiro atoms. The Labute approximate surface area is 468 Å². The maximum atomic E-state index is 12.9. The van der Waals surface area contributed by atoms with E-state index < -0.39 is 6.10 Å². The van der Waals surface area contributed by atoms with E-state index >= 15 is 0 Å². The lowest BCUT2D eigenvalue weighted by molar-refractivity contribution is -0.167. The van der Waals surface area contributed by atoms with Gasteiger partial charge in [-0.1, -0.05) is 340 Å². The van der Waals surface area contributed by atoms with Crippen LogP contribution < -0.4 is 0 Å². The fourth-order valence-electron chi connectivity index (χ4n) is 10.4. The average Bonchev–Trinajstić information content (AvgIpc) is 3.41. The molecule has 0 radical (unpaired) electrons. The number of carbonyl (C=O) groups is 3. The maximum Gasteiger partial charge on any atom is 0.306 e. The van der Waals surface area contributed by atoms with Crippen molar-refractivity contribution in [1.29, 1.82) is 0 Å². The second-order valence-corrected chi connectivity index (χ2v) is 23.1. The average molecular weight is 1060 g/mol. The monoisotopic (exact) mass is 1050 g/mol. The molecule has 75 heavy (non-hydrogen) atoms. The molecule has 6 nitrogen and oxygen atoms in total. The Hall–Kier alpha value is -2.11. The van der Waals surface area contributed by atoms with Gasteiger partial charge in [0, 0.05) is 19.3 Å². The quantitative estimate of drug-likeness (QED) is 0.0261. The number of ether oxygens (including phenoxy) is 3. The van der Waals surface area contributed by atoms with E-state index in [0.29, 0.717) is 19.3 Å². The highest BCUT2D eigenvalue weighted by Gasteiger charge is 2.19. The molecule has 442 valence electrons. The summed E-state index contributed by atoms with van der Waals surface area (Å²) in [7, 11) is 0. The zero-order valence-corrected chi connectivity index (χ0v) is 50.8. The Morgan fingerprint density at radius 1 is 0.267 bits per heavy atom. The number of allylic oxidation sites excluding steroid dienone is 4. The van der Waals surface area contributed by atoms with Crippen molar-refractivity contribution < 1.29 is 28.6 Å². The predicted octanol–water partition coefficient (Wildman–Crippen LogP) is 23.0. The third-order valence-electron chi connectivity index (χ3n) is 15.4. The van der Waals surface area contributed by atoms with E-state index in [0.717, 1.165) is 83.5 Å². The summed E-state index contributed by atoms with van der Waals surface area (Å²) in [4.78, 5) is 38.3. The smallest absolute Gasteiger partial charge is 0.306 e. The third-order valence-corrected chi connectivity index (χ3v) is 15.4. The largest absolute Gasteiger partial charge is 0.462 e. The highest BCUT2D eigenvalue weighted by Crippen LogP contribution is 2.19. The molecule has 0 aromatic rings. The summed E-state index contributed by atoms with van der Waals surface area (Å²) >= 11 is 0. The molecule has 0 fully saturated rings. The van der Waals surface area contributed by atoms with Crippen molar-refractivity contribution in [3.8, 4) is 0 Å². The molecule has 1 unspecified atom stereocenters. The molecule has 0 aliphatic rings. The molecule has 0 rings (SSSR count). The number of hydrogen-bond acceptors (Lipinski definition) is 6. The predicted molar refractivity (Wildman–Crippen MR) is 326 cm³/mol. The first-order valence-electron chi connectivity index (χ1n) is 33.8. The van der Waals surface area contributed by atoms with Crippen LogP contribution in [-0.2, 0) is 28.6 Å².